The maximum atomic E-state index is 14.8. The SMILES string of the molecule is CCCCCCCOc1ccc(C2CCC(OCc3ccc(-c4ccc(C)cc4)c(F)c3F)CC2)cc1F. The molecule has 1 aliphatic rings. The Kier molecular flexibility index (Phi) is 10.3. The van der Waals surface area contributed by atoms with Gasteiger partial charge in [-0.2, -0.15) is 0 Å². The molecule has 0 atom stereocenters. The van der Waals surface area contributed by atoms with Gasteiger partial charge in [-0.1, -0.05) is 80.6 Å². The Bertz CT molecular complexity index is 1170. The van der Waals surface area contributed by atoms with E-state index in [0.29, 0.717) is 17.9 Å². The minimum atomic E-state index is -0.851. The lowest BCUT2D eigenvalue weighted by Crippen LogP contribution is -2.21. The lowest BCUT2D eigenvalue weighted by molar-refractivity contribution is 0.0119. The van der Waals surface area contributed by atoms with Gasteiger partial charge in [-0.25, -0.2) is 13.2 Å². The van der Waals surface area contributed by atoms with Gasteiger partial charge >= 0.3 is 0 Å². The summed E-state index contributed by atoms with van der Waals surface area (Å²) in [6, 6.07) is 15.9. The fourth-order valence-corrected chi connectivity index (χ4v) is 5.20. The van der Waals surface area contributed by atoms with Gasteiger partial charge in [0.15, 0.2) is 23.2 Å². The molecule has 0 saturated heterocycles. The van der Waals surface area contributed by atoms with E-state index in [-0.39, 0.29) is 35.6 Å². The summed E-state index contributed by atoms with van der Waals surface area (Å²) >= 11 is 0. The van der Waals surface area contributed by atoms with Crippen molar-refractivity contribution >= 4 is 0 Å². The Labute approximate surface area is 225 Å². The molecule has 0 N–H and O–H groups in total. The summed E-state index contributed by atoms with van der Waals surface area (Å²) in [6.07, 6.45) is 8.99. The quantitative estimate of drug-likeness (QED) is 0.220. The monoisotopic (exact) mass is 524 g/mol. The first-order valence-corrected chi connectivity index (χ1v) is 14.0. The highest BCUT2D eigenvalue weighted by molar-refractivity contribution is 5.65. The van der Waals surface area contributed by atoms with Crippen molar-refractivity contribution in [3.05, 3.63) is 88.7 Å². The van der Waals surface area contributed by atoms with Crippen molar-refractivity contribution in [2.75, 3.05) is 6.61 Å². The minimum absolute atomic E-state index is 0.0225. The molecular weight excluding hydrogens is 485 g/mol. The third-order valence-corrected chi connectivity index (χ3v) is 7.61. The second kappa shape index (κ2) is 13.8. The number of hydrogen-bond acceptors (Lipinski definition) is 2. The van der Waals surface area contributed by atoms with Crippen LogP contribution in [0.4, 0.5) is 13.2 Å². The number of hydrogen-bond donors (Lipinski definition) is 0. The summed E-state index contributed by atoms with van der Waals surface area (Å²) < 4.78 is 55.8. The molecule has 38 heavy (non-hydrogen) atoms. The average molecular weight is 525 g/mol. The normalized spacial score (nSPS) is 17.5. The number of halogens is 3. The van der Waals surface area contributed by atoms with E-state index in [1.165, 1.54) is 19.3 Å². The second-order valence-electron chi connectivity index (χ2n) is 10.5. The van der Waals surface area contributed by atoms with Crippen LogP contribution in [-0.2, 0) is 11.3 Å². The maximum absolute atomic E-state index is 14.8. The Morgan fingerprint density at radius 2 is 1.53 bits per heavy atom. The zero-order valence-corrected chi connectivity index (χ0v) is 22.6. The Balaban J connectivity index is 1.25. The van der Waals surface area contributed by atoms with Crippen LogP contribution in [0.3, 0.4) is 0 Å². The molecule has 1 aliphatic carbocycles. The highest BCUT2D eigenvalue weighted by Gasteiger charge is 2.24. The van der Waals surface area contributed by atoms with E-state index in [4.69, 9.17) is 9.47 Å². The standard InChI is InChI=1S/C33H39F3O2/c1-3-4-5-6-7-20-37-31-19-15-26(21-30(31)34)24-12-16-28(17-13-24)38-22-27-14-18-29(33(36)32(27)35)25-10-8-23(2)9-11-25/h8-11,14-15,18-19,21,24,28H,3-7,12-13,16-17,20,22H2,1-2H3. The first-order valence-electron chi connectivity index (χ1n) is 14.0. The van der Waals surface area contributed by atoms with Crippen molar-refractivity contribution < 1.29 is 22.6 Å². The highest BCUT2D eigenvalue weighted by Crippen LogP contribution is 2.36. The van der Waals surface area contributed by atoms with Crippen LogP contribution in [0, 0.1) is 24.4 Å². The summed E-state index contributed by atoms with van der Waals surface area (Å²) in [5, 5.41) is 0. The first kappa shape index (κ1) is 28.2. The molecule has 1 fully saturated rings. The van der Waals surface area contributed by atoms with E-state index in [9.17, 15) is 13.2 Å². The van der Waals surface area contributed by atoms with Crippen molar-refractivity contribution in [2.45, 2.75) is 90.3 Å². The Hall–Kier alpha value is -2.79. The summed E-state index contributed by atoms with van der Waals surface area (Å²) in [4.78, 5) is 0. The van der Waals surface area contributed by atoms with Gasteiger partial charge in [0.1, 0.15) is 0 Å². The van der Waals surface area contributed by atoms with E-state index in [0.717, 1.165) is 49.7 Å². The number of ether oxygens (including phenoxy) is 2. The smallest absolute Gasteiger partial charge is 0.167 e. The zero-order chi connectivity index (χ0) is 26.9. The molecule has 3 aromatic rings. The van der Waals surface area contributed by atoms with Crippen LogP contribution in [0.1, 0.15) is 87.3 Å². The molecule has 2 nitrogen and oxygen atoms in total. The van der Waals surface area contributed by atoms with Gasteiger partial charge in [0.25, 0.3) is 0 Å². The molecule has 4 rings (SSSR count). The Morgan fingerprint density at radius 3 is 2.24 bits per heavy atom. The molecule has 1 saturated carbocycles. The minimum Gasteiger partial charge on any atom is -0.491 e. The van der Waals surface area contributed by atoms with Crippen LogP contribution in [0.2, 0.25) is 0 Å². The zero-order valence-electron chi connectivity index (χ0n) is 22.6. The summed E-state index contributed by atoms with van der Waals surface area (Å²) in [5.41, 5.74) is 3.17. The summed E-state index contributed by atoms with van der Waals surface area (Å²) in [7, 11) is 0. The average Bonchev–Trinajstić information content (AvgIpc) is 2.93. The highest BCUT2D eigenvalue weighted by atomic mass is 19.2. The molecule has 0 radical (unpaired) electrons. The predicted molar refractivity (Wildman–Crippen MR) is 147 cm³/mol. The van der Waals surface area contributed by atoms with Crippen LogP contribution in [0.5, 0.6) is 5.75 Å². The van der Waals surface area contributed by atoms with Gasteiger partial charge in [0.2, 0.25) is 0 Å². The van der Waals surface area contributed by atoms with E-state index in [2.05, 4.69) is 6.92 Å². The molecule has 0 bridgehead atoms. The van der Waals surface area contributed by atoms with Crippen LogP contribution >= 0.6 is 0 Å². The van der Waals surface area contributed by atoms with Crippen LogP contribution in [-0.4, -0.2) is 12.7 Å². The van der Waals surface area contributed by atoms with E-state index in [1.807, 2.05) is 25.1 Å². The largest absolute Gasteiger partial charge is 0.491 e. The van der Waals surface area contributed by atoms with Crippen molar-refractivity contribution in [3.63, 3.8) is 0 Å². The molecule has 204 valence electrons. The Morgan fingerprint density at radius 1 is 0.789 bits per heavy atom. The van der Waals surface area contributed by atoms with E-state index < -0.39 is 11.6 Å². The van der Waals surface area contributed by atoms with Gasteiger partial charge in [0, 0.05) is 11.1 Å². The molecular formula is C33H39F3O2. The van der Waals surface area contributed by atoms with Crippen molar-refractivity contribution in [1.82, 2.24) is 0 Å². The summed E-state index contributed by atoms with van der Waals surface area (Å²) in [6.45, 7) is 4.71. The third-order valence-electron chi connectivity index (χ3n) is 7.61. The molecule has 0 aliphatic heterocycles. The van der Waals surface area contributed by atoms with Crippen molar-refractivity contribution in [2.24, 2.45) is 0 Å². The van der Waals surface area contributed by atoms with Crippen molar-refractivity contribution in [3.8, 4) is 16.9 Å². The molecule has 0 amide bonds. The van der Waals surface area contributed by atoms with Gasteiger partial charge in [0.05, 0.1) is 19.3 Å². The van der Waals surface area contributed by atoms with Gasteiger partial charge in [-0.05, 0) is 68.2 Å². The number of aryl methyl sites for hydroxylation is 1. The van der Waals surface area contributed by atoms with Gasteiger partial charge < -0.3 is 9.47 Å². The number of unbranched alkanes of at least 4 members (excludes halogenated alkanes) is 4. The number of benzene rings is 3. The lowest BCUT2D eigenvalue weighted by Gasteiger charge is -2.29. The van der Waals surface area contributed by atoms with Crippen LogP contribution < -0.4 is 4.74 Å². The molecule has 5 heteroatoms. The molecule has 3 aromatic carbocycles. The molecule has 0 spiro atoms. The van der Waals surface area contributed by atoms with E-state index in [1.54, 1.807) is 36.4 Å². The molecule has 0 aromatic heterocycles. The second-order valence-corrected chi connectivity index (χ2v) is 10.5. The van der Waals surface area contributed by atoms with Crippen LogP contribution in [0.25, 0.3) is 11.1 Å². The van der Waals surface area contributed by atoms with Gasteiger partial charge in [-0.15, -0.1) is 0 Å². The van der Waals surface area contributed by atoms with Crippen molar-refractivity contribution in [1.29, 1.82) is 0 Å². The lowest BCUT2D eigenvalue weighted by atomic mass is 9.82. The van der Waals surface area contributed by atoms with E-state index >= 15 is 0 Å². The van der Waals surface area contributed by atoms with Crippen LogP contribution in [0.15, 0.2) is 54.6 Å². The topological polar surface area (TPSA) is 18.5 Å². The fourth-order valence-electron chi connectivity index (χ4n) is 5.20. The first-order chi connectivity index (χ1) is 18.5. The number of rotatable bonds is 12. The molecule has 0 unspecified atom stereocenters. The fraction of sp³-hybridized carbons (Fsp3) is 0.455. The predicted octanol–water partition coefficient (Wildman–Crippen LogP) is 9.67. The third kappa shape index (κ3) is 7.41. The summed E-state index contributed by atoms with van der Waals surface area (Å²) in [5.74, 6) is -1.42. The molecule has 0 heterocycles. The maximum Gasteiger partial charge on any atom is 0.167 e. The van der Waals surface area contributed by atoms with Gasteiger partial charge in [-0.3, -0.25) is 0 Å².